The lowest BCUT2D eigenvalue weighted by Crippen LogP contribution is -2.40. The van der Waals surface area contributed by atoms with Gasteiger partial charge in [-0.3, -0.25) is 4.79 Å². The molecule has 0 aromatic heterocycles. The minimum atomic E-state index is -3.61. The van der Waals surface area contributed by atoms with Crippen LogP contribution in [0.25, 0.3) is 0 Å². The number of amides is 1. The molecule has 18 heavy (non-hydrogen) atoms. The van der Waals surface area contributed by atoms with Gasteiger partial charge in [-0.25, -0.2) is 12.7 Å². The quantitative estimate of drug-likeness (QED) is 0.782. The third-order valence-electron chi connectivity index (χ3n) is 3.76. The lowest BCUT2D eigenvalue weighted by molar-refractivity contribution is 0.0810. The van der Waals surface area contributed by atoms with Gasteiger partial charge in [-0.2, -0.15) is 0 Å². The highest BCUT2D eigenvalue weighted by atomic mass is 32.2. The second-order valence-corrected chi connectivity index (χ2v) is 6.68. The van der Waals surface area contributed by atoms with Crippen LogP contribution < -0.4 is 0 Å². The monoisotopic (exact) mass is 265 g/mol. The van der Waals surface area contributed by atoms with Crippen molar-refractivity contribution in [1.82, 2.24) is 4.31 Å². The molecule has 1 fully saturated rings. The van der Waals surface area contributed by atoms with Crippen molar-refractivity contribution in [2.24, 2.45) is 0 Å². The Labute approximate surface area is 107 Å². The Kier molecular flexibility index (Phi) is 2.66. The Hall–Kier alpha value is -1.36. The van der Waals surface area contributed by atoms with Crippen LogP contribution in [0.3, 0.4) is 0 Å². The third-order valence-corrected chi connectivity index (χ3v) is 5.65. The van der Waals surface area contributed by atoms with Gasteiger partial charge in [0.05, 0.1) is 5.56 Å². The van der Waals surface area contributed by atoms with Crippen LogP contribution in [0.4, 0.5) is 0 Å². The maximum atomic E-state index is 12.4. The van der Waals surface area contributed by atoms with Crippen molar-refractivity contribution in [3.63, 3.8) is 0 Å². The third kappa shape index (κ3) is 1.57. The number of sulfonamides is 1. The minimum Gasteiger partial charge on any atom is -0.268 e. The number of fused-ring (bicyclic) bond motifs is 1. The van der Waals surface area contributed by atoms with Gasteiger partial charge in [0.2, 0.25) is 0 Å². The van der Waals surface area contributed by atoms with E-state index in [9.17, 15) is 13.2 Å². The smallest absolute Gasteiger partial charge is 0.268 e. The van der Waals surface area contributed by atoms with Crippen molar-refractivity contribution in [3.8, 4) is 0 Å². The summed E-state index contributed by atoms with van der Waals surface area (Å²) in [4.78, 5) is 12.4. The van der Waals surface area contributed by atoms with E-state index in [0.717, 1.165) is 36.4 Å². The molecule has 1 aliphatic heterocycles. The molecule has 0 saturated heterocycles. The molecular formula is C13H15NO3S. The second-order valence-electron chi connectivity index (χ2n) is 4.89. The van der Waals surface area contributed by atoms with E-state index in [1.165, 1.54) is 6.07 Å². The fraction of sp³-hybridized carbons (Fsp3) is 0.462. The second kappa shape index (κ2) is 4.09. The van der Waals surface area contributed by atoms with Gasteiger partial charge >= 0.3 is 0 Å². The first-order valence-electron chi connectivity index (χ1n) is 6.30. The largest absolute Gasteiger partial charge is 0.269 e. The summed E-state index contributed by atoms with van der Waals surface area (Å²) >= 11 is 0. The predicted octanol–water partition coefficient (Wildman–Crippen LogP) is 2.16. The van der Waals surface area contributed by atoms with Crippen molar-refractivity contribution < 1.29 is 13.2 Å². The number of benzene rings is 1. The highest BCUT2D eigenvalue weighted by Gasteiger charge is 2.44. The van der Waals surface area contributed by atoms with Gasteiger partial charge in [-0.1, -0.05) is 31.4 Å². The van der Waals surface area contributed by atoms with Crippen molar-refractivity contribution in [3.05, 3.63) is 29.8 Å². The molecule has 0 N–H and O–H groups in total. The van der Waals surface area contributed by atoms with E-state index < -0.39 is 10.0 Å². The van der Waals surface area contributed by atoms with Crippen molar-refractivity contribution in [1.29, 1.82) is 0 Å². The van der Waals surface area contributed by atoms with Crippen LogP contribution in [0.2, 0.25) is 0 Å². The lowest BCUT2D eigenvalue weighted by Gasteiger charge is -2.29. The van der Waals surface area contributed by atoms with Gasteiger partial charge < -0.3 is 0 Å². The van der Waals surface area contributed by atoms with E-state index in [-0.39, 0.29) is 16.8 Å². The van der Waals surface area contributed by atoms with E-state index in [0.29, 0.717) is 5.56 Å². The molecule has 1 aromatic rings. The van der Waals surface area contributed by atoms with E-state index in [1.807, 2.05) is 0 Å². The molecule has 1 aliphatic carbocycles. The predicted molar refractivity (Wildman–Crippen MR) is 66.7 cm³/mol. The molecule has 1 heterocycles. The van der Waals surface area contributed by atoms with Gasteiger partial charge in [0.15, 0.2) is 0 Å². The Morgan fingerprint density at radius 2 is 1.72 bits per heavy atom. The Balaban J connectivity index is 2.06. The normalized spacial score (nSPS) is 23.1. The summed E-state index contributed by atoms with van der Waals surface area (Å²) in [6, 6.07) is 6.33. The first-order valence-corrected chi connectivity index (χ1v) is 7.74. The average molecular weight is 265 g/mol. The molecule has 0 unspecified atom stereocenters. The van der Waals surface area contributed by atoms with Gasteiger partial charge in [-0.05, 0) is 25.0 Å². The standard InChI is InChI=1S/C13H15NO3S/c15-13-11-8-4-5-9-12(11)18(16,17)14(13)10-6-2-1-3-7-10/h4-5,8-10H,1-3,6-7H2. The molecule has 1 amide bonds. The van der Waals surface area contributed by atoms with Crippen molar-refractivity contribution in [2.45, 2.75) is 43.0 Å². The van der Waals surface area contributed by atoms with E-state index in [1.54, 1.807) is 18.2 Å². The Bertz CT molecular complexity index is 588. The summed E-state index contributed by atoms with van der Waals surface area (Å²) in [7, 11) is -3.61. The fourth-order valence-electron chi connectivity index (χ4n) is 2.88. The molecule has 0 bridgehead atoms. The summed E-state index contributed by atoms with van der Waals surface area (Å²) in [5.74, 6) is -0.350. The summed E-state index contributed by atoms with van der Waals surface area (Å²) in [6.45, 7) is 0. The average Bonchev–Trinajstić information content (AvgIpc) is 2.59. The molecule has 96 valence electrons. The maximum absolute atomic E-state index is 12.4. The van der Waals surface area contributed by atoms with Gasteiger partial charge in [0, 0.05) is 6.04 Å². The fourth-order valence-corrected chi connectivity index (χ4v) is 4.70. The molecule has 5 heteroatoms. The highest BCUT2D eigenvalue weighted by molar-refractivity contribution is 7.90. The molecule has 0 spiro atoms. The number of hydrogen-bond acceptors (Lipinski definition) is 3. The topological polar surface area (TPSA) is 54.5 Å². The van der Waals surface area contributed by atoms with Crippen LogP contribution in [-0.4, -0.2) is 24.7 Å². The Morgan fingerprint density at radius 1 is 1.06 bits per heavy atom. The van der Waals surface area contributed by atoms with Crippen LogP contribution in [0.1, 0.15) is 42.5 Å². The SMILES string of the molecule is O=C1c2ccccc2S(=O)(=O)N1C1CCCCC1. The van der Waals surface area contributed by atoms with E-state index in [2.05, 4.69) is 0 Å². The Morgan fingerprint density at radius 3 is 2.39 bits per heavy atom. The van der Waals surface area contributed by atoms with Gasteiger partial charge in [0.1, 0.15) is 4.90 Å². The zero-order valence-electron chi connectivity index (χ0n) is 10.0. The molecule has 0 radical (unpaired) electrons. The van der Waals surface area contributed by atoms with E-state index in [4.69, 9.17) is 0 Å². The number of carbonyl (C=O) groups is 1. The molecule has 1 aromatic carbocycles. The van der Waals surface area contributed by atoms with Crippen LogP contribution in [0, 0.1) is 0 Å². The molecule has 3 rings (SSSR count). The molecule has 1 saturated carbocycles. The first kappa shape index (κ1) is 11.7. The lowest BCUT2D eigenvalue weighted by atomic mass is 9.95. The summed E-state index contributed by atoms with van der Waals surface area (Å²) in [5, 5.41) is 0. The number of nitrogens with zero attached hydrogens (tertiary/aromatic N) is 1. The number of hydrogen-bond donors (Lipinski definition) is 0. The molecule has 0 atom stereocenters. The van der Waals surface area contributed by atoms with Crippen LogP contribution in [0.5, 0.6) is 0 Å². The zero-order valence-corrected chi connectivity index (χ0v) is 10.8. The van der Waals surface area contributed by atoms with Crippen LogP contribution in [0.15, 0.2) is 29.2 Å². The van der Waals surface area contributed by atoms with Crippen molar-refractivity contribution in [2.75, 3.05) is 0 Å². The highest BCUT2D eigenvalue weighted by Crippen LogP contribution is 2.35. The summed E-state index contributed by atoms with van der Waals surface area (Å²) < 4.78 is 25.9. The molecule has 2 aliphatic rings. The zero-order chi connectivity index (χ0) is 12.8. The van der Waals surface area contributed by atoms with E-state index >= 15 is 0 Å². The minimum absolute atomic E-state index is 0.149. The van der Waals surface area contributed by atoms with Crippen LogP contribution >= 0.6 is 0 Å². The maximum Gasteiger partial charge on any atom is 0.269 e. The van der Waals surface area contributed by atoms with Crippen LogP contribution in [-0.2, 0) is 10.0 Å². The van der Waals surface area contributed by atoms with Crippen molar-refractivity contribution >= 4 is 15.9 Å². The number of carbonyl (C=O) groups excluding carboxylic acids is 1. The van der Waals surface area contributed by atoms with Gasteiger partial charge in [0.25, 0.3) is 15.9 Å². The van der Waals surface area contributed by atoms with Gasteiger partial charge in [-0.15, -0.1) is 0 Å². The number of rotatable bonds is 1. The summed E-state index contributed by atoms with van der Waals surface area (Å²) in [6.07, 6.45) is 4.71. The summed E-state index contributed by atoms with van der Waals surface area (Å²) in [5.41, 5.74) is 0.322. The molecular weight excluding hydrogens is 250 g/mol. The molecule has 4 nitrogen and oxygen atoms in total. The first-order chi connectivity index (χ1) is 8.62.